The third kappa shape index (κ3) is 2.71. The first kappa shape index (κ1) is 16.6. The second kappa shape index (κ2) is 5.55. The molecule has 0 saturated heterocycles. The van der Waals surface area contributed by atoms with Crippen LogP contribution in [-0.2, 0) is 10.2 Å². The van der Waals surface area contributed by atoms with Crippen molar-refractivity contribution in [2.24, 2.45) is 17.8 Å². The van der Waals surface area contributed by atoms with Gasteiger partial charge >= 0.3 is 0 Å². The van der Waals surface area contributed by atoms with Crippen LogP contribution in [0.1, 0.15) is 51.5 Å². The first-order chi connectivity index (χ1) is 11.3. The van der Waals surface area contributed by atoms with E-state index in [9.17, 15) is 9.18 Å². The zero-order chi connectivity index (χ0) is 17.1. The number of halogens is 2. The monoisotopic (exact) mass is 393 g/mol. The van der Waals surface area contributed by atoms with Gasteiger partial charge in [0.2, 0.25) is 5.91 Å². The van der Waals surface area contributed by atoms with Gasteiger partial charge in [-0.15, -0.1) is 0 Å². The molecule has 0 spiro atoms. The van der Waals surface area contributed by atoms with E-state index in [4.69, 9.17) is 0 Å². The molecular formula is C20H25BrFNO. The summed E-state index contributed by atoms with van der Waals surface area (Å²) in [7, 11) is 0. The van der Waals surface area contributed by atoms with Gasteiger partial charge in [0.1, 0.15) is 5.67 Å². The molecule has 1 aromatic rings. The minimum Gasteiger partial charge on any atom is -0.352 e. The van der Waals surface area contributed by atoms with Gasteiger partial charge in [0, 0.05) is 10.5 Å². The summed E-state index contributed by atoms with van der Waals surface area (Å²) >= 11 is 3.49. The molecule has 130 valence electrons. The third-order valence-corrected chi connectivity index (χ3v) is 7.10. The van der Waals surface area contributed by atoms with Crippen LogP contribution in [0.3, 0.4) is 0 Å². The summed E-state index contributed by atoms with van der Waals surface area (Å²) < 4.78 is 15.8. The first-order valence-electron chi connectivity index (χ1n) is 9.03. The normalized spacial score (nSPS) is 37.5. The highest BCUT2D eigenvalue weighted by molar-refractivity contribution is 9.10. The highest BCUT2D eigenvalue weighted by Crippen LogP contribution is 2.57. The van der Waals surface area contributed by atoms with Crippen molar-refractivity contribution in [3.63, 3.8) is 0 Å². The van der Waals surface area contributed by atoms with E-state index in [2.05, 4.69) is 21.2 Å². The van der Waals surface area contributed by atoms with Gasteiger partial charge in [0.05, 0.1) is 5.41 Å². The van der Waals surface area contributed by atoms with Gasteiger partial charge in [-0.1, -0.05) is 28.1 Å². The maximum absolute atomic E-state index is 14.8. The summed E-state index contributed by atoms with van der Waals surface area (Å²) in [4.78, 5) is 13.0. The van der Waals surface area contributed by atoms with E-state index in [0.717, 1.165) is 29.3 Å². The number of amides is 1. The topological polar surface area (TPSA) is 29.1 Å². The lowest BCUT2D eigenvalue weighted by Gasteiger charge is -2.57. The van der Waals surface area contributed by atoms with Crippen molar-refractivity contribution in [3.8, 4) is 0 Å². The zero-order valence-electron chi connectivity index (χ0n) is 14.3. The van der Waals surface area contributed by atoms with Gasteiger partial charge in [0.15, 0.2) is 0 Å². The Hall–Kier alpha value is -0.900. The van der Waals surface area contributed by atoms with E-state index in [1.54, 1.807) is 0 Å². The molecule has 0 heterocycles. The van der Waals surface area contributed by atoms with Crippen molar-refractivity contribution in [3.05, 3.63) is 34.3 Å². The van der Waals surface area contributed by atoms with Crippen LogP contribution < -0.4 is 5.32 Å². The average Bonchev–Trinajstić information content (AvgIpc) is 2.49. The number of benzene rings is 1. The van der Waals surface area contributed by atoms with E-state index in [1.165, 1.54) is 0 Å². The molecule has 24 heavy (non-hydrogen) atoms. The molecule has 4 heteroatoms. The van der Waals surface area contributed by atoms with E-state index >= 15 is 0 Å². The molecule has 1 aromatic carbocycles. The molecule has 1 N–H and O–H groups in total. The molecule has 2 nitrogen and oxygen atoms in total. The summed E-state index contributed by atoms with van der Waals surface area (Å²) in [5, 5.41) is 3.32. The minimum absolute atomic E-state index is 0.0611. The van der Waals surface area contributed by atoms with Gasteiger partial charge in [0.25, 0.3) is 0 Å². The number of carbonyl (C=O) groups is 1. The zero-order valence-corrected chi connectivity index (χ0v) is 15.9. The molecule has 1 unspecified atom stereocenters. The Morgan fingerprint density at radius 1 is 1.25 bits per heavy atom. The third-order valence-electron chi connectivity index (χ3n) is 6.61. The lowest BCUT2D eigenvalue weighted by Crippen LogP contribution is -2.61. The lowest BCUT2D eigenvalue weighted by molar-refractivity contribution is -0.134. The Kier molecular flexibility index (Phi) is 3.83. The Bertz CT molecular complexity index is 657. The first-order valence-corrected chi connectivity index (χ1v) is 9.82. The Morgan fingerprint density at radius 3 is 2.50 bits per heavy atom. The van der Waals surface area contributed by atoms with E-state index in [1.807, 2.05) is 38.1 Å². The highest BCUT2D eigenvalue weighted by Gasteiger charge is 2.56. The van der Waals surface area contributed by atoms with Crippen LogP contribution in [0.2, 0.25) is 0 Å². The summed E-state index contributed by atoms with van der Waals surface area (Å²) in [5.41, 5.74) is -0.538. The Morgan fingerprint density at radius 2 is 1.92 bits per heavy atom. The summed E-state index contributed by atoms with van der Waals surface area (Å²) in [6.45, 7) is 3.94. The highest BCUT2D eigenvalue weighted by atomic mass is 79.9. The molecule has 0 aliphatic heterocycles. The molecule has 5 atom stereocenters. The van der Waals surface area contributed by atoms with Crippen molar-refractivity contribution < 1.29 is 9.18 Å². The Labute approximate surface area is 151 Å². The van der Waals surface area contributed by atoms with Crippen molar-refractivity contribution in [1.82, 2.24) is 5.32 Å². The maximum atomic E-state index is 14.8. The average molecular weight is 394 g/mol. The lowest BCUT2D eigenvalue weighted by atomic mass is 9.53. The second-order valence-electron chi connectivity index (χ2n) is 8.76. The van der Waals surface area contributed by atoms with Crippen LogP contribution in [0.4, 0.5) is 4.39 Å². The second-order valence-corrected chi connectivity index (χ2v) is 9.67. The number of carbonyl (C=O) groups excluding carboxylic acids is 1. The Balaban J connectivity index is 1.52. The van der Waals surface area contributed by atoms with Crippen molar-refractivity contribution in [1.29, 1.82) is 0 Å². The van der Waals surface area contributed by atoms with Gasteiger partial charge < -0.3 is 5.32 Å². The number of hydrogen-bond acceptors (Lipinski definition) is 1. The minimum atomic E-state index is -0.947. The molecule has 1 amide bonds. The summed E-state index contributed by atoms with van der Waals surface area (Å²) in [6, 6.07) is 8.09. The molecule has 4 aliphatic rings. The SMILES string of the molecule is CC(C)(C(=O)N[C@H]1[C@@H]2CC3C[C@H]1C[C@](F)(C3)C2)c1cccc(Br)c1. The van der Waals surface area contributed by atoms with Gasteiger partial charge in [-0.2, -0.15) is 0 Å². The molecule has 0 aromatic heterocycles. The number of rotatable bonds is 3. The van der Waals surface area contributed by atoms with Crippen LogP contribution in [0, 0.1) is 17.8 Å². The largest absolute Gasteiger partial charge is 0.352 e. The molecule has 4 bridgehead atoms. The number of alkyl halides is 1. The van der Waals surface area contributed by atoms with E-state index in [-0.39, 0.29) is 11.9 Å². The van der Waals surface area contributed by atoms with Gasteiger partial charge in [-0.05, 0) is 81.4 Å². The fraction of sp³-hybridized carbons (Fsp3) is 0.650. The van der Waals surface area contributed by atoms with Crippen LogP contribution >= 0.6 is 15.9 Å². The quantitative estimate of drug-likeness (QED) is 0.787. The van der Waals surface area contributed by atoms with Crippen LogP contribution in [0.5, 0.6) is 0 Å². The van der Waals surface area contributed by atoms with Crippen molar-refractivity contribution in [2.75, 3.05) is 0 Å². The number of nitrogens with one attached hydrogen (secondary N) is 1. The van der Waals surface area contributed by atoms with E-state index < -0.39 is 11.1 Å². The van der Waals surface area contributed by atoms with Crippen LogP contribution in [0.15, 0.2) is 28.7 Å². The molecular weight excluding hydrogens is 369 g/mol. The molecule has 5 rings (SSSR count). The van der Waals surface area contributed by atoms with Crippen LogP contribution in [-0.4, -0.2) is 17.6 Å². The van der Waals surface area contributed by atoms with Gasteiger partial charge in [-0.25, -0.2) is 4.39 Å². The van der Waals surface area contributed by atoms with E-state index in [0.29, 0.717) is 30.6 Å². The predicted molar refractivity (Wildman–Crippen MR) is 96.5 cm³/mol. The van der Waals surface area contributed by atoms with Crippen molar-refractivity contribution >= 4 is 21.8 Å². The molecule has 4 aliphatic carbocycles. The van der Waals surface area contributed by atoms with Crippen molar-refractivity contribution in [2.45, 2.75) is 63.1 Å². The van der Waals surface area contributed by atoms with Gasteiger partial charge in [-0.3, -0.25) is 4.79 Å². The molecule has 4 fully saturated rings. The fourth-order valence-electron chi connectivity index (χ4n) is 5.50. The molecule has 0 radical (unpaired) electrons. The smallest absolute Gasteiger partial charge is 0.230 e. The summed E-state index contributed by atoms with van der Waals surface area (Å²) in [5.74, 6) is 1.25. The van der Waals surface area contributed by atoms with Crippen LogP contribution in [0.25, 0.3) is 0 Å². The summed E-state index contributed by atoms with van der Waals surface area (Å²) in [6.07, 6.45) is 4.21. The maximum Gasteiger partial charge on any atom is 0.230 e. The molecule has 4 saturated carbocycles. The number of hydrogen-bond donors (Lipinski definition) is 1. The predicted octanol–water partition coefficient (Wildman–Crippen LogP) is 4.76. The standard InChI is InChI=1S/C20H25BrFNO/c1-19(2,15-4-3-5-16(21)8-15)18(24)23-17-13-6-12-7-14(17)11-20(22,9-12)10-13/h3-5,8,12-14,17H,6-7,9-11H2,1-2H3,(H,23,24)/t12?,13-,14+,17+,20+. The fourth-order valence-corrected chi connectivity index (χ4v) is 5.90.